The molecule has 0 spiro atoms. The summed E-state index contributed by atoms with van der Waals surface area (Å²) in [6.07, 6.45) is 8.50. The summed E-state index contributed by atoms with van der Waals surface area (Å²) in [5, 5.41) is 13.1. The molecule has 2 aliphatic rings. The van der Waals surface area contributed by atoms with Crippen LogP contribution in [-0.4, -0.2) is 33.1 Å². The van der Waals surface area contributed by atoms with Gasteiger partial charge in [0, 0.05) is 25.5 Å². The van der Waals surface area contributed by atoms with Gasteiger partial charge in [-0.05, 0) is 43.4 Å². The van der Waals surface area contributed by atoms with Crippen LogP contribution in [0, 0.1) is 0 Å². The molecule has 0 saturated carbocycles. The molecular formula is C14H17N5. The van der Waals surface area contributed by atoms with Crippen molar-refractivity contribution in [2.45, 2.75) is 31.7 Å². The van der Waals surface area contributed by atoms with Crippen LogP contribution in [0.25, 0.3) is 0 Å². The first kappa shape index (κ1) is 11.0. The fraction of sp³-hybridized carbons (Fsp3) is 0.500. The summed E-state index contributed by atoms with van der Waals surface area (Å²) in [6, 6.07) is 4.68. The number of fused-ring (bicyclic) bond motifs is 1. The van der Waals surface area contributed by atoms with Crippen molar-refractivity contribution in [1.82, 2.24) is 20.0 Å². The third-order valence-corrected chi connectivity index (χ3v) is 4.19. The van der Waals surface area contributed by atoms with Crippen LogP contribution >= 0.6 is 0 Å². The summed E-state index contributed by atoms with van der Waals surface area (Å²) in [4.78, 5) is 2.33. The fourth-order valence-corrected chi connectivity index (χ4v) is 3.13. The number of aryl methyl sites for hydroxylation is 2. The minimum absolute atomic E-state index is 0.463. The van der Waals surface area contributed by atoms with Gasteiger partial charge in [-0.2, -0.15) is 10.2 Å². The van der Waals surface area contributed by atoms with Crippen molar-refractivity contribution in [1.29, 1.82) is 0 Å². The molecule has 19 heavy (non-hydrogen) atoms. The Hall–Kier alpha value is -1.91. The van der Waals surface area contributed by atoms with Crippen LogP contribution in [0.2, 0.25) is 0 Å². The molecule has 4 rings (SSSR count). The zero-order chi connectivity index (χ0) is 12.7. The van der Waals surface area contributed by atoms with Crippen molar-refractivity contribution in [2.75, 3.05) is 18.0 Å². The predicted molar refractivity (Wildman–Crippen MR) is 72.2 cm³/mol. The molecule has 1 saturated heterocycles. The molecule has 2 aromatic heterocycles. The van der Waals surface area contributed by atoms with Gasteiger partial charge in [0.1, 0.15) is 0 Å². The zero-order valence-corrected chi connectivity index (χ0v) is 10.9. The highest BCUT2D eigenvalue weighted by atomic mass is 15.3. The van der Waals surface area contributed by atoms with Gasteiger partial charge < -0.3 is 4.90 Å². The summed E-state index contributed by atoms with van der Waals surface area (Å²) in [7, 11) is 0. The van der Waals surface area contributed by atoms with Crippen LogP contribution in [-0.2, 0) is 12.8 Å². The molecule has 0 amide bonds. The van der Waals surface area contributed by atoms with Crippen molar-refractivity contribution in [2.24, 2.45) is 0 Å². The number of hydrogen-bond acceptors (Lipinski definition) is 4. The molecule has 0 bridgehead atoms. The smallest absolute Gasteiger partial charge is 0.151 e. The molecule has 0 N–H and O–H groups in total. The molecule has 1 aliphatic carbocycles. The minimum atomic E-state index is 0.463. The summed E-state index contributed by atoms with van der Waals surface area (Å²) >= 11 is 0. The molecule has 1 aliphatic heterocycles. The van der Waals surface area contributed by atoms with E-state index in [-0.39, 0.29) is 0 Å². The molecule has 1 atom stereocenters. The van der Waals surface area contributed by atoms with Gasteiger partial charge in [0.05, 0.1) is 11.7 Å². The minimum Gasteiger partial charge on any atom is -0.353 e. The monoisotopic (exact) mass is 255 g/mol. The maximum atomic E-state index is 4.39. The number of nitrogens with zero attached hydrogens (tertiary/aromatic N) is 5. The van der Waals surface area contributed by atoms with Crippen molar-refractivity contribution >= 4 is 5.82 Å². The lowest BCUT2D eigenvalue weighted by Gasteiger charge is -2.17. The Balaban J connectivity index is 1.55. The Morgan fingerprint density at radius 3 is 3.11 bits per heavy atom. The van der Waals surface area contributed by atoms with Crippen molar-refractivity contribution in [3.63, 3.8) is 0 Å². The third-order valence-electron chi connectivity index (χ3n) is 4.19. The average molecular weight is 255 g/mol. The van der Waals surface area contributed by atoms with E-state index in [4.69, 9.17) is 0 Å². The topological polar surface area (TPSA) is 46.8 Å². The number of rotatable bonds is 2. The van der Waals surface area contributed by atoms with Crippen LogP contribution in [0.15, 0.2) is 24.5 Å². The SMILES string of the molecule is c1cnn(C2CCN(c3cc4c(nn3)CCC4)C2)c1. The molecule has 2 aromatic rings. The average Bonchev–Trinajstić information content (AvgIpc) is 3.18. The van der Waals surface area contributed by atoms with Gasteiger partial charge in [0.2, 0.25) is 0 Å². The van der Waals surface area contributed by atoms with Gasteiger partial charge in [-0.3, -0.25) is 4.68 Å². The van der Waals surface area contributed by atoms with Gasteiger partial charge in [0.15, 0.2) is 5.82 Å². The highest BCUT2D eigenvalue weighted by molar-refractivity contribution is 5.43. The van der Waals surface area contributed by atoms with E-state index in [1.54, 1.807) is 0 Å². The molecular weight excluding hydrogens is 238 g/mol. The van der Waals surface area contributed by atoms with E-state index in [0.29, 0.717) is 6.04 Å². The summed E-state index contributed by atoms with van der Waals surface area (Å²) in [5.74, 6) is 1.04. The van der Waals surface area contributed by atoms with E-state index in [9.17, 15) is 0 Å². The third kappa shape index (κ3) is 1.89. The van der Waals surface area contributed by atoms with Crippen LogP contribution in [0.5, 0.6) is 0 Å². The Morgan fingerprint density at radius 1 is 1.21 bits per heavy atom. The van der Waals surface area contributed by atoms with Gasteiger partial charge in [-0.15, -0.1) is 5.10 Å². The first-order valence-corrected chi connectivity index (χ1v) is 7.00. The van der Waals surface area contributed by atoms with Gasteiger partial charge in [0.25, 0.3) is 0 Å². The highest BCUT2D eigenvalue weighted by Crippen LogP contribution is 2.28. The quantitative estimate of drug-likeness (QED) is 0.818. The lowest BCUT2D eigenvalue weighted by atomic mass is 10.2. The van der Waals surface area contributed by atoms with Crippen molar-refractivity contribution in [3.05, 3.63) is 35.8 Å². The van der Waals surface area contributed by atoms with Crippen LogP contribution in [0.4, 0.5) is 5.82 Å². The van der Waals surface area contributed by atoms with Gasteiger partial charge in [-0.1, -0.05) is 0 Å². The second kappa shape index (κ2) is 4.33. The zero-order valence-electron chi connectivity index (χ0n) is 10.9. The molecule has 0 radical (unpaired) electrons. The van der Waals surface area contributed by atoms with Gasteiger partial charge in [-0.25, -0.2) is 0 Å². The normalized spacial score (nSPS) is 21.9. The van der Waals surface area contributed by atoms with Gasteiger partial charge >= 0.3 is 0 Å². The second-order valence-electron chi connectivity index (χ2n) is 5.40. The van der Waals surface area contributed by atoms with Crippen LogP contribution in [0.1, 0.15) is 30.1 Å². The Kier molecular flexibility index (Phi) is 2.50. The molecule has 1 unspecified atom stereocenters. The Labute approximate surface area is 112 Å². The Bertz CT molecular complexity index is 578. The highest BCUT2D eigenvalue weighted by Gasteiger charge is 2.26. The summed E-state index contributed by atoms with van der Waals surface area (Å²) in [6.45, 7) is 2.02. The van der Waals surface area contributed by atoms with E-state index in [0.717, 1.165) is 38.2 Å². The van der Waals surface area contributed by atoms with E-state index < -0.39 is 0 Å². The standard InChI is InChI=1S/C14H17N5/c1-3-11-9-14(17-16-13(11)4-1)18-8-5-12(10-18)19-7-2-6-15-19/h2,6-7,9,12H,1,3-5,8,10H2. The number of aromatic nitrogens is 4. The van der Waals surface area contributed by atoms with Crippen molar-refractivity contribution in [3.8, 4) is 0 Å². The molecule has 0 aromatic carbocycles. The maximum absolute atomic E-state index is 4.39. The first-order valence-electron chi connectivity index (χ1n) is 7.00. The van der Waals surface area contributed by atoms with Crippen LogP contribution < -0.4 is 4.90 Å². The molecule has 5 heteroatoms. The molecule has 3 heterocycles. The lowest BCUT2D eigenvalue weighted by molar-refractivity contribution is 0.494. The molecule has 98 valence electrons. The van der Waals surface area contributed by atoms with E-state index in [2.05, 4.69) is 30.9 Å². The predicted octanol–water partition coefficient (Wildman–Crippen LogP) is 1.61. The van der Waals surface area contributed by atoms with E-state index in [1.807, 2.05) is 18.5 Å². The van der Waals surface area contributed by atoms with E-state index >= 15 is 0 Å². The largest absolute Gasteiger partial charge is 0.353 e. The second-order valence-corrected chi connectivity index (χ2v) is 5.40. The lowest BCUT2D eigenvalue weighted by Crippen LogP contribution is -2.22. The van der Waals surface area contributed by atoms with Crippen LogP contribution in [0.3, 0.4) is 0 Å². The molecule has 1 fully saturated rings. The maximum Gasteiger partial charge on any atom is 0.151 e. The Morgan fingerprint density at radius 2 is 2.21 bits per heavy atom. The fourth-order valence-electron chi connectivity index (χ4n) is 3.13. The number of anilines is 1. The van der Waals surface area contributed by atoms with Crippen molar-refractivity contribution < 1.29 is 0 Å². The summed E-state index contributed by atoms with van der Waals surface area (Å²) < 4.78 is 2.06. The number of hydrogen-bond donors (Lipinski definition) is 0. The molecule has 5 nitrogen and oxygen atoms in total. The van der Waals surface area contributed by atoms with E-state index in [1.165, 1.54) is 17.7 Å². The first-order chi connectivity index (χ1) is 9.40. The summed E-state index contributed by atoms with van der Waals surface area (Å²) in [5.41, 5.74) is 2.60.